The maximum atomic E-state index is 10.2. The van der Waals surface area contributed by atoms with Crippen molar-refractivity contribution in [1.29, 1.82) is 0 Å². The Morgan fingerprint density at radius 2 is 2.27 bits per heavy atom. The van der Waals surface area contributed by atoms with Gasteiger partial charge in [0.25, 0.3) is 0 Å². The molecule has 1 aromatic rings. The molecule has 15 heavy (non-hydrogen) atoms. The van der Waals surface area contributed by atoms with Gasteiger partial charge in [0.1, 0.15) is 6.10 Å². The lowest BCUT2D eigenvalue weighted by molar-refractivity contribution is -0.0298. The standard InChI is InChI=1S/C10H12Br2O2S/c1-5-2-3-7(14-5)9(13)6-4-8(11)15-10(6)12/h4-5,7,9,13H,2-3H2,1H3. The Bertz CT molecular complexity index is 353. The minimum absolute atomic E-state index is 0.0576. The monoisotopic (exact) mass is 354 g/mol. The Hall–Kier alpha value is 0.580. The van der Waals surface area contributed by atoms with Crippen LogP contribution in [0.15, 0.2) is 13.6 Å². The van der Waals surface area contributed by atoms with E-state index in [2.05, 4.69) is 31.9 Å². The molecule has 1 saturated heterocycles. The van der Waals surface area contributed by atoms with Gasteiger partial charge in [0.2, 0.25) is 0 Å². The molecule has 1 aliphatic heterocycles. The lowest BCUT2D eigenvalue weighted by Crippen LogP contribution is -2.18. The van der Waals surface area contributed by atoms with E-state index in [0.717, 1.165) is 26.0 Å². The topological polar surface area (TPSA) is 29.5 Å². The van der Waals surface area contributed by atoms with E-state index in [4.69, 9.17) is 4.74 Å². The third-order valence-corrected chi connectivity index (χ3v) is 5.00. The molecule has 2 heterocycles. The molecule has 3 unspecified atom stereocenters. The van der Waals surface area contributed by atoms with Gasteiger partial charge in [0, 0.05) is 5.56 Å². The molecule has 5 heteroatoms. The first-order valence-corrected chi connectivity index (χ1v) is 7.26. The van der Waals surface area contributed by atoms with E-state index < -0.39 is 6.10 Å². The molecule has 0 bridgehead atoms. The van der Waals surface area contributed by atoms with E-state index in [1.807, 2.05) is 13.0 Å². The van der Waals surface area contributed by atoms with Gasteiger partial charge < -0.3 is 9.84 Å². The van der Waals surface area contributed by atoms with Crippen LogP contribution in [0.4, 0.5) is 0 Å². The summed E-state index contributed by atoms with van der Waals surface area (Å²) >= 11 is 8.44. The number of hydrogen-bond acceptors (Lipinski definition) is 3. The molecular weight excluding hydrogens is 344 g/mol. The molecule has 2 nitrogen and oxygen atoms in total. The van der Waals surface area contributed by atoms with Crippen LogP contribution in [-0.4, -0.2) is 17.3 Å². The Balaban J connectivity index is 2.13. The van der Waals surface area contributed by atoms with Crippen molar-refractivity contribution in [3.63, 3.8) is 0 Å². The van der Waals surface area contributed by atoms with E-state index >= 15 is 0 Å². The highest BCUT2D eigenvalue weighted by molar-refractivity contribution is 9.12. The number of rotatable bonds is 2. The lowest BCUT2D eigenvalue weighted by atomic mass is 10.1. The minimum atomic E-state index is -0.521. The van der Waals surface area contributed by atoms with Crippen molar-refractivity contribution in [1.82, 2.24) is 0 Å². The molecule has 84 valence electrons. The lowest BCUT2D eigenvalue weighted by Gasteiger charge is -2.17. The smallest absolute Gasteiger partial charge is 0.107 e. The molecule has 1 fully saturated rings. The van der Waals surface area contributed by atoms with Crippen LogP contribution in [0.2, 0.25) is 0 Å². The van der Waals surface area contributed by atoms with Gasteiger partial charge in [-0.15, -0.1) is 11.3 Å². The zero-order valence-electron chi connectivity index (χ0n) is 8.24. The molecule has 1 N–H and O–H groups in total. The largest absolute Gasteiger partial charge is 0.386 e. The van der Waals surface area contributed by atoms with Gasteiger partial charge in [-0.3, -0.25) is 0 Å². The SMILES string of the molecule is CC1CCC(C(O)c2cc(Br)sc2Br)O1. The maximum absolute atomic E-state index is 10.2. The summed E-state index contributed by atoms with van der Waals surface area (Å²) in [5.41, 5.74) is 0.922. The maximum Gasteiger partial charge on any atom is 0.107 e. The molecule has 0 saturated carbocycles. The molecular formula is C10H12Br2O2S. The van der Waals surface area contributed by atoms with Crippen LogP contribution in [0.3, 0.4) is 0 Å². The number of aliphatic hydroxyl groups excluding tert-OH is 1. The van der Waals surface area contributed by atoms with Gasteiger partial charge in [0.05, 0.1) is 19.8 Å². The van der Waals surface area contributed by atoms with Crippen molar-refractivity contribution in [2.75, 3.05) is 0 Å². The van der Waals surface area contributed by atoms with Gasteiger partial charge in [0.15, 0.2) is 0 Å². The van der Waals surface area contributed by atoms with Crippen LogP contribution >= 0.6 is 43.2 Å². The quantitative estimate of drug-likeness (QED) is 0.872. The molecule has 1 aromatic heterocycles. The molecule has 0 aliphatic carbocycles. The Morgan fingerprint density at radius 1 is 1.53 bits per heavy atom. The Labute approximate surface area is 110 Å². The highest BCUT2D eigenvalue weighted by atomic mass is 79.9. The fourth-order valence-electron chi connectivity index (χ4n) is 1.82. The summed E-state index contributed by atoms with van der Waals surface area (Å²) in [7, 11) is 0. The van der Waals surface area contributed by atoms with Crippen molar-refractivity contribution in [2.45, 2.75) is 38.1 Å². The number of aliphatic hydroxyl groups is 1. The average Bonchev–Trinajstić information content (AvgIpc) is 2.71. The number of ether oxygens (including phenoxy) is 1. The summed E-state index contributed by atoms with van der Waals surface area (Å²) in [6.07, 6.45) is 1.66. The van der Waals surface area contributed by atoms with Crippen molar-refractivity contribution in [3.8, 4) is 0 Å². The Kier molecular flexibility index (Phi) is 3.88. The van der Waals surface area contributed by atoms with Crippen LogP contribution < -0.4 is 0 Å². The molecule has 0 radical (unpaired) electrons. The first-order chi connectivity index (χ1) is 7.08. The second-order valence-electron chi connectivity index (χ2n) is 3.79. The van der Waals surface area contributed by atoms with E-state index in [1.165, 1.54) is 0 Å². The van der Waals surface area contributed by atoms with E-state index in [9.17, 15) is 5.11 Å². The van der Waals surface area contributed by atoms with Crippen LogP contribution in [0.25, 0.3) is 0 Å². The molecule has 3 atom stereocenters. The Morgan fingerprint density at radius 3 is 2.73 bits per heavy atom. The predicted octanol–water partition coefficient (Wildman–Crippen LogP) is 3.87. The number of hydrogen-bond donors (Lipinski definition) is 1. The molecule has 0 amide bonds. The second-order valence-corrected chi connectivity index (χ2v) is 7.54. The summed E-state index contributed by atoms with van der Waals surface area (Å²) in [5, 5.41) is 10.2. The van der Waals surface area contributed by atoms with Crippen LogP contribution in [-0.2, 0) is 4.74 Å². The average molecular weight is 356 g/mol. The zero-order chi connectivity index (χ0) is 11.0. The first kappa shape index (κ1) is 12.0. The third-order valence-electron chi connectivity index (χ3n) is 2.62. The van der Waals surface area contributed by atoms with Gasteiger partial charge in [-0.25, -0.2) is 0 Å². The van der Waals surface area contributed by atoms with Crippen molar-refractivity contribution in [3.05, 3.63) is 19.2 Å². The summed E-state index contributed by atoms with van der Waals surface area (Å²) in [6.45, 7) is 2.05. The predicted molar refractivity (Wildman–Crippen MR) is 68.2 cm³/mol. The zero-order valence-corrected chi connectivity index (χ0v) is 12.2. The van der Waals surface area contributed by atoms with Gasteiger partial charge in [-0.2, -0.15) is 0 Å². The van der Waals surface area contributed by atoms with Crippen LogP contribution in [0.1, 0.15) is 31.4 Å². The minimum Gasteiger partial charge on any atom is -0.386 e. The van der Waals surface area contributed by atoms with E-state index in [1.54, 1.807) is 11.3 Å². The van der Waals surface area contributed by atoms with Gasteiger partial charge >= 0.3 is 0 Å². The molecule has 1 aliphatic rings. The second kappa shape index (κ2) is 4.84. The fraction of sp³-hybridized carbons (Fsp3) is 0.600. The summed E-state index contributed by atoms with van der Waals surface area (Å²) in [6, 6.07) is 1.95. The van der Waals surface area contributed by atoms with E-state index in [0.29, 0.717) is 0 Å². The summed E-state index contributed by atoms with van der Waals surface area (Å²) in [4.78, 5) is 0. The number of halogens is 2. The highest BCUT2D eigenvalue weighted by Crippen LogP contribution is 2.39. The molecule has 0 aromatic carbocycles. The van der Waals surface area contributed by atoms with Gasteiger partial charge in [-0.05, 0) is 57.7 Å². The van der Waals surface area contributed by atoms with Crippen molar-refractivity contribution >= 4 is 43.2 Å². The van der Waals surface area contributed by atoms with Crippen LogP contribution in [0.5, 0.6) is 0 Å². The molecule has 0 spiro atoms. The van der Waals surface area contributed by atoms with E-state index in [-0.39, 0.29) is 12.2 Å². The fourth-order valence-corrected chi connectivity index (χ4v) is 4.73. The summed E-state index contributed by atoms with van der Waals surface area (Å²) in [5.74, 6) is 0. The summed E-state index contributed by atoms with van der Waals surface area (Å²) < 4.78 is 7.66. The van der Waals surface area contributed by atoms with Crippen molar-refractivity contribution in [2.24, 2.45) is 0 Å². The van der Waals surface area contributed by atoms with Crippen LogP contribution in [0, 0.1) is 0 Å². The highest BCUT2D eigenvalue weighted by Gasteiger charge is 2.31. The number of thiophene rings is 1. The normalized spacial score (nSPS) is 28.3. The van der Waals surface area contributed by atoms with Gasteiger partial charge in [-0.1, -0.05) is 0 Å². The van der Waals surface area contributed by atoms with Crippen molar-refractivity contribution < 1.29 is 9.84 Å². The third kappa shape index (κ3) is 2.64. The molecule has 2 rings (SSSR count). The first-order valence-electron chi connectivity index (χ1n) is 4.86.